The highest BCUT2D eigenvalue weighted by molar-refractivity contribution is 5.94. The lowest BCUT2D eigenvalue weighted by molar-refractivity contribution is 0.0963. The van der Waals surface area contributed by atoms with Crippen LogP contribution in [0.3, 0.4) is 0 Å². The zero-order valence-corrected chi connectivity index (χ0v) is 14.8. The van der Waals surface area contributed by atoms with Gasteiger partial charge in [-0.05, 0) is 30.5 Å². The Morgan fingerprint density at radius 3 is 2.84 bits per heavy atom. The number of aromatic nitrogens is 2. The molecule has 1 aromatic carbocycles. The fraction of sp³-hybridized carbons (Fsp3) is 0.389. The highest BCUT2D eigenvalue weighted by Gasteiger charge is 2.04. The molecule has 0 saturated heterocycles. The summed E-state index contributed by atoms with van der Waals surface area (Å²) in [6.45, 7) is 2.51. The van der Waals surface area contributed by atoms with Gasteiger partial charge >= 0.3 is 0 Å². The van der Waals surface area contributed by atoms with Gasteiger partial charge in [0.1, 0.15) is 0 Å². The molecule has 1 aromatic heterocycles. The SMILES string of the molecule is CN=C(NCCCn1ccnc1)NCCc1cccc(C(=O)NC)c1. The Balaban J connectivity index is 1.69. The first kappa shape index (κ1) is 18.5. The van der Waals surface area contributed by atoms with E-state index < -0.39 is 0 Å². The summed E-state index contributed by atoms with van der Waals surface area (Å²) in [5.41, 5.74) is 1.80. The first-order chi connectivity index (χ1) is 12.2. The van der Waals surface area contributed by atoms with Crippen molar-refractivity contribution in [2.24, 2.45) is 4.99 Å². The molecule has 1 amide bonds. The van der Waals surface area contributed by atoms with E-state index in [-0.39, 0.29) is 5.91 Å². The molecule has 25 heavy (non-hydrogen) atoms. The van der Waals surface area contributed by atoms with Crippen LogP contribution in [-0.4, -0.2) is 48.6 Å². The number of nitrogens with one attached hydrogen (secondary N) is 3. The van der Waals surface area contributed by atoms with Gasteiger partial charge in [0.05, 0.1) is 6.33 Å². The van der Waals surface area contributed by atoms with Crippen molar-refractivity contribution in [1.29, 1.82) is 0 Å². The molecule has 0 atom stereocenters. The zero-order valence-electron chi connectivity index (χ0n) is 14.8. The number of carbonyl (C=O) groups excluding carboxylic acids is 1. The number of hydrogen-bond donors (Lipinski definition) is 3. The second-order valence-electron chi connectivity index (χ2n) is 5.61. The van der Waals surface area contributed by atoms with E-state index in [4.69, 9.17) is 0 Å². The van der Waals surface area contributed by atoms with Crippen molar-refractivity contribution in [2.75, 3.05) is 27.2 Å². The number of nitrogens with zero attached hydrogens (tertiary/aromatic N) is 3. The van der Waals surface area contributed by atoms with Crippen LogP contribution >= 0.6 is 0 Å². The number of amides is 1. The number of guanidine groups is 1. The molecule has 1 heterocycles. The molecule has 3 N–H and O–H groups in total. The largest absolute Gasteiger partial charge is 0.356 e. The molecular formula is C18H26N6O. The smallest absolute Gasteiger partial charge is 0.251 e. The normalized spacial score (nSPS) is 11.2. The van der Waals surface area contributed by atoms with Crippen LogP contribution in [0.4, 0.5) is 0 Å². The van der Waals surface area contributed by atoms with Crippen molar-refractivity contribution in [1.82, 2.24) is 25.5 Å². The molecule has 2 aromatic rings. The Morgan fingerprint density at radius 2 is 2.12 bits per heavy atom. The Hall–Kier alpha value is -2.83. The van der Waals surface area contributed by atoms with Gasteiger partial charge in [-0.1, -0.05) is 12.1 Å². The summed E-state index contributed by atoms with van der Waals surface area (Å²) in [5.74, 6) is 0.721. The number of benzene rings is 1. The van der Waals surface area contributed by atoms with Crippen molar-refractivity contribution < 1.29 is 4.79 Å². The molecule has 0 saturated carbocycles. The van der Waals surface area contributed by atoms with Crippen LogP contribution in [0.2, 0.25) is 0 Å². The Morgan fingerprint density at radius 1 is 1.28 bits per heavy atom. The molecule has 0 bridgehead atoms. The van der Waals surface area contributed by atoms with E-state index >= 15 is 0 Å². The Bertz CT molecular complexity index is 681. The van der Waals surface area contributed by atoms with Gasteiger partial charge in [0.15, 0.2) is 5.96 Å². The maximum absolute atomic E-state index is 11.7. The van der Waals surface area contributed by atoms with Crippen molar-refractivity contribution in [3.63, 3.8) is 0 Å². The van der Waals surface area contributed by atoms with E-state index in [0.717, 1.165) is 44.0 Å². The van der Waals surface area contributed by atoms with Crippen LogP contribution in [-0.2, 0) is 13.0 Å². The van der Waals surface area contributed by atoms with Gasteiger partial charge in [-0.3, -0.25) is 9.79 Å². The number of rotatable bonds is 8. The summed E-state index contributed by atoms with van der Waals surface area (Å²) in [6.07, 6.45) is 7.37. The third kappa shape index (κ3) is 6.29. The Kier molecular flexibility index (Phi) is 7.49. The van der Waals surface area contributed by atoms with Crippen LogP contribution in [0, 0.1) is 0 Å². The Labute approximate surface area is 148 Å². The van der Waals surface area contributed by atoms with Gasteiger partial charge in [-0.25, -0.2) is 4.98 Å². The van der Waals surface area contributed by atoms with Gasteiger partial charge in [0.25, 0.3) is 5.91 Å². The molecule has 0 spiro atoms. The van der Waals surface area contributed by atoms with Gasteiger partial charge in [0.2, 0.25) is 0 Å². The topological polar surface area (TPSA) is 83.3 Å². The van der Waals surface area contributed by atoms with E-state index in [2.05, 4.69) is 30.5 Å². The van der Waals surface area contributed by atoms with Crippen LogP contribution < -0.4 is 16.0 Å². The molecule has 0 unspecified atom stereocenters. The van der Waals surface area contributed by atoms with Crippen LogP contribution in [0.25, 0.3) is 0 Å². The minimum absolute atomic E-state index is 0.0647. The number of carbonyl (C=O) groups is 1. The van der Waals surface area contributed by atoms with Crippen LogP contribution in [0.15, 0.2) is 48.0 Å². The molecule has 7 nitrogen and oxygen atoms in total. The third-order valence-electron chi connectivity index (χ3n) is 3.79. The first-order valence-corrected chi connectivity index (χ1v) is 8.44. The highest BCUT2D eigenvalue weighted by Crippen LogP contribution is 2.05. The molecule has 7 heteroatoms. The minimum atomic E-state index is -0.0647. The molecular weight excluding hydrogens is 316 g/mol. The lowest BCUT2D eigenvalue weighted by atomic mass is 10.1. The number of hydrogen-bond acceptors (Lipinski definition) is 3. The average molecular weight is 342 g/mol. The fourth-order valence-corrected chi connectivity index (χ4v) is 2.45. The molecule has 0 fully saturated rings. The van der Waals surface area contributed by atoms with Crippen molar-refractivity contribution in [2.45, 2.75) is 19.4 Å². The quantitative estimate of drug-likeness (QED) is 0.380. The summed E-state index contributed by atoms with van der Waals surface area (Å²) in [7, 11) is 3.40. The molecule has 0 radical (unpaired) electrons. The molecule has 0 aliphatic rings. The van der Waals surface area contributed by atoms with E-state index in [9.17, 15) is 4.79 Å². The predicted molar refractivity (Wildman–Crippen MR) is 99.7 cm³/mol. The number of aryl methyl sites for hydroxylation is 1. The predicted octanol–water partition coefficient (Wildman–Crippen LogP) is 1.04. The summed E-state index contributed by atoms with van der Waals surface area (Å²) < 4.78 is 2.05. The average Bonchev–Trinajstić information content (AvgIpc) is 3.16. The fourth-order valence-electron chi connectivity index (χ4n) is 2.45. The molecule has 134 valence electrons. The van der Waals surface area contributed by atoms with E-state index in [1.165, 1.54) is 0 Å². The van der Waals surface area contributed by atoms with Crippen LogP contribution in [0.5, 0.6) is 0 Å². The van der Waals surface area contributed by atoms with E-state index in [1.807, 2.05) is 36.8 Å². The molecule has 0 aliphatic carbocycles. The lowest BCUT2D eigenvalue weighted by Gasteiger charge is -2.12. The monoisotopic (exact) mass is 342 g/mol. The second kappa shape index (κ2) is 10.1. The summed E-state index contributed by atoms with van der Waals surface area (Å²) in [6, 6.07) is 7.66. The van der Waals surface area contributed by atoms with Crippen LogP contribution in [0.1, 0.15) is 22.3 Å². The van der Waals surface area contributed by atoms with Gasteiger partial charge in [-0.15, -0.1) is 0 Å². The van der Waals surface area contributed by atoms with Crippen molar-refractivity contribution in [3.8, 4) is 0 Å². The summed E-state index contributed by atoms with van der Waals surface area (Å²) >= 11 is 0. The first-order valence-electron chi connectivity index (χ1n) is 8.44. The summed E-state index contributed by atoms with van der Waals surface area (Å²) in [5, 5.41) is 9.23. The van der Waals surface area contributed by atoms with E-state index in [1.54, 1.807) is 20.3 Å². The maximum Gasteiger partial charge on any atom is 0.251 e. The van der Waals surface area contributed by atoms with Gasteiger partial charge in [-0.2, -0.15) is 0 Å². The third-order valence-corrected chi connectivity index (χ3v) is 3.79. The van der Waals surface area contributed by atoms with Crippen molar-refractivity contribution in [3.05, 3.63) is 54.1 Å². The minimum Gasteiger partial charge on any atom is -0.356 e. The zero-order chi connectivity index (χ0) is 17.9. The van der Waals surface area contributed by atoms with Gasteiger partial charge < -0.3 is 20.5 Å². The number of aliphatic imine (C=N–C) groups is 1. The van der Waals surface area contributed by atoms with Crippen molar-refractivity contribution >= 4 is 11.9 Å². The second-order valence-corrected chi connectivity index (χ2v) is 5.61. The molecule has 0 aliphatic heterocycles. The highest BCUT2D eigenvalue weighted by atomic mass is 16.1. The standard InChI is InChI=1S/C18H26N6O/c1-19-17(25)16-6-3-5-15(13-16)7-9-23-18(20-2)22-8-4-11-24-12-10-21-14-24/h3,5-6,10,12-14H,4,7-9,11H2,1-2H3,(H,19,25)(H2,20,22,23). The summed E-state index contributed by atoms with van der Waals surface area (Å²) in [4.78, 5) is 19.9. The van der Waals surface area contributed by atoms with Gasteiger partial charge in [0, 0.05) is 51.7 Å². The number of imidazole rings is 1. The molecule has 2 rings (SSSR count). The van der Waals surface area contributed by atoms with E-state index in [0.29, 0.717) is 5.56 Å². The lowest BCUT2D eigenvalue weighted by Crippen LogP contribution is -2.39. The maximum atomic E-state index is 11.7.